The Hall–Kier alpha value is -4.18. The molecule has 4 rings (SSSR count). The van der Waals surface area contributed by atoms with E-state index < -0.39 is 29.1 Å². The number of fused-ring (bicyclic) bond motifs is 1. The van der Waals surface area contributed by atoms with E-state index in [9.17, 15) is 18.0 Å². The smallest absolute Gasteiger partial charge is 0.258 e. The van der Waals surface area contributed by atoms with Gasteiger partial charge >= 0.3 is 0 Å². The lowest BCUT2D eigenvalue weighted by molar-refractivity contribution is 0.102. The number of anilines is 1. The van der Waals surface area contributed by atoms with Gasteiger partial charge in [0.15, 0.2) is 23.1 Å². The van der Waals surface area contributed by atoms with Gasteiger partial charge in [0.2, 0.25) is 0 Å². The van der Waals surface area contributed by atoms with Crippen LogP contribution in [0.25, 0.3) is 11.0 Å². The molecular formula is C23H16F3N3O4. The van der Waals surface area contributed by atoms with Gasteiger partial charge in [0.05, 0.1) is 23.9 Å². The van der Waals surface area contributed by atoms with Gasteiger partial charge in [-0.15, -0.1) is 0 Å². The van der Waals surface area contributed by atoms with E-state index in [1.807, 2.05) is 0 Å². The first kappa shape index (κ1) is 22.0. The van der Waals surface area contributed by atoms with E-state index in [0.29, 0.717) is 11.3 Å². The quantitative estimate of drug-likeness (QED) is 0.427. The molecule has 168 valence electrons. The molecule has 2 aromatic carbocycles. The number of nitrogens with zero attached hydrogens (tertiary/aromatic N) is 2. The molecular weight excluding hydrogens is 439 g/mol. The van der Waals surface area contributed by atoms with E-state index in [1.165, 1.54) is 36.7 Å². The molecule has 0 aliphatic rings. The summed E-state index contributed by atoms with van der Waals surface area (Å²) in [6.45, 7) is -0.108. The molecule has 0 saturated heterocycles. The molecule has 7 nitrogen and oxygen atoms in total. The van der Waals surface area contributed by atoms with E-state index >= 15 is 0 Å². The van der Waals surface area contributed by atoms with Crippen molar-refractivity contribution in [2.24, 2.45) is 0 Å². The van der Waals surface area contributed by atoms with Gasteiger partial charge in [-0.3, -0.25) is 9.78 Å². The molecule has 1 amide bonds. The average molecular weight is 455 g/mol. The third-order valence-electron chi connectivity index (χ3n) is 4.46. The molecule has 33 heavy (non-hydrogen) atoms. The second kappa shape index (κ2) is 9.53. The monoisotopic (exact) mass is 455 g/mol. The summed E-state index contributed by atoms with van der Waals surface area (Å²) in [6.07, 6.45) is 2.73. The first-order valence-corrected chi connectivity index (χ1v) is 9.67. The number of ether oxygens (including phenoxy) is 2. The van der Waals surface area contributed by atoms with Crippen LogP contribution in [0.3, 0.4) is 0 Å². The highest BCUT2D eigenvalue weighted by Crippen LogP contribution is 2.33. The minimum Gasteiger partial charge on any atom is -0.490 e. The standard InChI is InChI=1S/C23H16F3N3O4/c24-16-4-2-1-3-15(16)23(31)29-13-9-17(25)22(18(26)10-13)33-20-5-6-27-19-11-14(32-8-7-30)12-28-21(19)20/h1-6,9-12,30H,7-8H2,(H,29,31). The van der Waals surface area contributed by atoms with Crippen LogP contribution in [0.2, 0.25) is 0 Å². The van der Waals surface area contributed by atoms with Crippen molar-refractivity contribution in [3.8, 4) is 17.2 Å². The summed E-state index contributed by atoms with van der Waals surface area (Å²) in [5, 5.41) is 11.1. The fourth-order valence-corrected chi connectivity index (χ4v) is 3.00. The van der Waals surface area contributed by atoms with Gasteiger partial charge in [-0.25, -0.2) is 18.2 Å². The largest absolute Gasteiger partial charge is 0.490 e. The molecule has 0 radical (unpaired) electrons. The van der Waals surface area contributed by atoms with Crippen LogP contribution >= 0.6 is 0 Å². The zero-order valence-corrected chi connectivity index (χ0v) is 16.9. The van der Waals surface area contributed by atoms with Crippen LogP contribution < -0.4 is 14.8 Å². The molecule has 0 aliphatic heterocycles. The molecule has 0 atom stereocenters. The van der Waals surface area contributed by atoms with Gasteiger partial charge in [0.25, 0.3) is 5.91 Å². The fourth-order valence-electron chi connectivity index (χ4n) is 3.00. The van der Waals surface area contributed by atoms with Gasteiger partial charge in [0.1, 0.15) is 23.7 Å². The number of aromatic nitrogens is 2. The molecule has 4 aromatic rings. The number of halogens is 3. The third kappa shape index (κ3) is 4.85. The van der Waals surface area contributed by atoms with Gasteiger partial charge in [-0.2, -0.15) is 0 Å². The third-order valence-corrected chi connectivity index (χ3v) is 4.46. The first-order chi connectivity index (χ1) is 16.0. The predicted octanol–water partition coefficient (Wildman–Crippen LogP) is 4.46. The number of benzene rings is 2. The summed E-state index contributed by atoms with van der Waals surface area (Å²) in [7, 11) is 0. The van der Waals surface area contributed by atoms with Crippen molar-refractivity contribution in [3.05, 3.63) is 83.9 Å². The van der Waals surface area contributed by atoms with E-state index in [4.69, 9.17) is 14.6 Å². The Morgan fingerprint density at radius 2 is 1.76 bits per heavy atom. The number of carbonyl (C=O) groups excluding carboxylic acids is 1. The zero-order valence-electron chi connectivity index (χ0n) is 16.9. The number of hydrogen-bond donors (Lipinski definition) is 2. The maximum Gasteiger partial charge on any atom is 0.258 e. The number of pyridine rings is 2. The average Bonchev–Trinajstić information content (AvgIpc) is 2.80. The lowest BCUT2D eigenvalue weighted by Gasteiger charge is -2.12. The Morgan fingerprint density at radius 1 is 1.00 bits per heavy atom. The molecule has 2 N–H and O–H groups in total. The molecule has 0 fully saturated rings. The summed E-state index contributed by atoms with van der Waals surface area (Å²) in [5.74, 6) is -4.13. The normalized spacial score (nSPS) is 10.8. The van der Waals surface area contributed by atoms with Gasteiger partial charge < -0.3 is 19.9 Å². The lowest BCUT2D eigenvalue weighted by Crippen LogP contribution is -2.14. The minimum atomic E-state index is -1.09. The second-order valence-corrected chi connectivity index (χ2v) is 6.72. The van der Waals surface area contributed by atoms with Gasteiger partial charge in [-0.1, -0.05) is 12.1 Å². The van der Waals surface area contributed by atoms with Crippen molar-refractivity contribution in [1.82, 2.24) is 9.97 Å². The first-order valence-electron chi connectivity index (χ1n) is 9.67. The fraction of sp³-hybridized carbons (Fsp3) is 0.0870. The number of aliphatic hydroxyl groups is 1. The topological polar surface area (TPSA) is 93.6 Å². The molecule has 2 heterocycles. The summed E-state index contributed by atoms with van der Waals surface area (Å²) in [5.41, 5.74) is 0.0893. The van der Waals surface area contributed by atoms with Gasteiger partial charge in [0, 0.05) is 36.1 Å². The Kier molecular flexibility index (Phi) is 6.36. The highest BCUT2D eigenvalue weighted by atomic mass is 19.1. The molecule has 0 spiro atoms. The summed E-state index contributed by atoms with van der Waals surface area (Å²) < 4.78 is 53.8. The number of aliphatic hydroxyl groups excluding tert-OH is 1. The predicted molar refractivity (Wildman–Crippen MR) is 113 cm³/mol. The van der Waals surface area contributed by atoms with Crippen LogP contribution in [-0.4, -0.2) is 34.2 Å². The summed E-state index contributed by atoms with van der Waals surface area (Å²) in [6, 6.07) is 9.86. The molecule has 2 aromatic heterocycles. The second-order valence-electron chi connectivity index (χ2n) is 6.72. The van der Waals surface area contributed by atoms with Crippen LogP contribution in [0.1, 0.15) is 10.4 Å². The van der Waals surface area contributed by atoms with Crippen molar-refractivity contribution in [3.63, 3.8) is 0 Å². The van der Waals surface area contributed by atoms with Crippen LogP contribution in [0.5, 0.6) is 17.2 Å². The number of rotatable bonds is 7. The molecule has 10 heteroatoms. The van der Waals surface area contributed by atoms with Crippen LogP contribution in [-0.2, 0) is 0 Å². The number of nitrogens with one attached hydrogen (secondary N) is 1. The Labute approximate surface area is 185 Å². The number of carbonyl (C=O) groups is 1. The van der Waals surface area contributed by atoms with E-state index in [2.05, 4.69) is 15.3 Å². The van der Waals surface area contributed by atoms with Crippen molar-refractivity contribution < 1.29 is 32.5 Å². The number of hydrogen-bond acceptors (Lipinski definition) is 6. The van der Waals surface area contributed by atoms with Crippen LogP contribution in [0, 0.1) is 17.5 Å². The van der Waals surface area contributed by atoms with E-state index in [0.717, 1.165) is 18.2 Å². The molecule has 0 saturated carbocycles. The van der Waals surface area contributed by atoms with E-state index in [1.54, 1.807) is 6.07 Å². The summed E-state index contributed by atoms with van der Waals surface area (Å²) in [4.78, 5) is 20.5. The lowest BCUT2D eigenvalue weighted by atomic mass is 10.2. The SMILES string of the molecule is O=C(Nc1cc(F)c(Oc2ccnc3cc(OCCO)cnc23)c(F)c1)c1ccccc1F. The minimum absolute atomic E-state index is 0.0367. The van der Waals surface area contributed by atoms with Crippen molar-refractivity contribution in [2.45, 2.75) is 0 Å². The van der Waals surface area contributed by atoms with Gasteiger partial charge in [-0.05, 0) is 12.1 Å². The van der Waals surface area contributed by atoms with Crippen molar-refractivity contribution in [1.29, 1.82) is 0 Å². The van der Waals surface area contributed by atoms with E-state index in [-0.39, 0.29) is 35.7 Å². The Morgan fingerprint density at radius 3 is 2.48 bits per heavy atom. The highest BCUT2D eigenvalue weighted by molar-refractivity contribution is 6.04. The molecule has 0 bridgehead atoms. The van der Waals surface area contributed by atoms with Crippen LogP contribution in [0.15, 0.2) is 60.9 Å². The van der Waals surface area contributed by atoms with Crippen LogP contribution in [0.4, 0.5) is 18.9 Å². The maximum absolute atomic E-state index is 14.7. The van der Waals surface area contributed by atoms with Crippen molar-refractivity contribution >= 4 is 22.6 Å². The number of amides is 1. The molecule has 0 unspecified atom stereocenters. The Bertz CT molecular complexity index is 1310. The van der Waals surface area contributed by atoms with Crippen molar-refractivity contribution in [2.75, 3.05) is 18.5 Å². The highest BCUT2D eigenvalue weighted by Gasteiger charge is 2.18. The summed E-state index contributed by atoms with van der Waals surface area (Å²) >= 11 is 0. The Balaban J connectivity index is 1.58. The molecule has 0 aliphatic carbocycles. The zero-order chi connectivity index (χ0) is 23.4. The maximum atomic E-state index is 14.7.